The zero-order valence-corrected chi connectivity index (χ0v) is 10.9. The van der Waals surface area contributed by atoms with Gasteiger partial charge in [0, 0.05) is 29.5 Å². The summed E-state index contributed by atoms with van der Waals surface area (Å²) in [5.41, 5.74) is 13.0. The van der Waals surface area contributed by atoms with E-state index in [0.717, 1.165) is 6.54 Å². The number of rotatable bonds is 2. The fourth-order valence-electron chi connectivity index (χ4n) is 3.19. The van der Waals surface area contributed by atoms with Crippen LogP contribution in [0.25, 0.3) is 0 Å². The Balaban J connectivity index is 1.71. The summed E-state index contributed by atoms with van der Waals surface area (Å²) in [6.45, 7) is 3.30. The Morgan fingerprint density at radius 3 is 2.32 bits per heavy atom. The van der Waals surface area contributed by atoms with E-state index >= 15 is 0 Å². The number of nitrogen functional groups attached to an aromatic ring is 2. The first-order chi connectivity index (χ1) is 9.11. The van der Waals surface area contributed by atoms with E-state index in [1.807, 2.05) is 0 Å². The standard InChI is InChI=1S/C14H20N4O/c15-11-5-10(6-12(16)7-11)14(19)17-13-8-18-3-1-9(13)2-4-18/h5-7,9,13H,1-4,8,15-16H2,(H,17,19). The lowest BCUT2D eigenvalue weighted by atomic mass is 9.84. The maximum atomic E-state index is 12.3. The fourth-order valence-corrected chi connectivity index (χ4v) is 3.19. The highest BCUT2D eigenvalue weighted by Gasteiger charge is 2.34. The highest BCUT2D eigenvalue weighted by molar-refractivity contribution is 5.96. The Morgan fingerprint density at radius 2 is 1.79 bits per heavy atom. The second kappa shape index (κ2) is 4.74. The lowest BCUT2D eigenvalue weighted by Crippen LogP contribution is -2.57. The first-order valence-electron chi connectivity index (χ1n) is 6.81. The molecule has 102 valence electrons. The number of nitrogens with two attached hydrogens (primary N) is 2. The first-order valence-corrected chi connectivity index (χ1v) is 6.81. The molecule has 3 saturated heterocycles. The van der Waals surface area contributed by atoms with E-state index < -0.39 is 0 Å². The number of nitrogens with zero attached hydrogens (tertiary/aromatic N) is 1. The van der Waals surface area contributed by atoms with Gasteiger partial charge in [-0.2, -0.15) is 0 Å². The summed E-state index contributed by atoms with van der Waals surface area (Å²) in [5.74, 6) is 0.546. The van der Waals surface area contributed by atoms with Gasteiger partial charge < -0.3 is 21.7 Å². The molecule has 3 aliphatic rings. The van der Waals surface area contributed by atoms with Gasteiger partial charge in [0.25, 0.3) is 5.91 Å². The number of hydrogen-bond acceptors (Lipinski definition) is 4. The van der Waals surface area contributed by atoms with E-state index in [0.29, 0.717) is 22.9 Å². The molecule has 3 aliphatic heterocycles. The zero-order valence-electron chi connectivity index (χ0n) is 10.9. The van der Waals surface area contributed by atoms with Crippen LogP contribution in [0.5, 0.6) is 0 Å². The first kappa shape index (κ1) is 12.3. The molecule has 5 heteroatoms. The number of fused-ring (bicyclic) bond motifs is 3. The highest BCUT2D eigenvalue weighted by Crippen LogP contribution is 2.27. The molecule has 1 atom stereocenters. The molecule has 1 aromatic carbocycles. The minimum absolute atomic E-state index is 0.0715. The van der Waals surface area contributed by atoms with E-state index in [1.54, 1.807) is 18.2 Å². The second-order valence-corrected chi connectivity index (χ2v) is 5.61. The van der Waals surface area contributed by atoms with Crippen LogP contribution >= 0.6 is 0 Å². The number of benzene rings is 1. The molecular weight excluding hydrogens is 240 g/mol. The summed E-state index contributed by atoms with van der Waals surface area (Å²) >= 11 is 0. The van der Waals surface area contributed by atoms with Gasteiger partial charge in [-0.25, -0.2) is 0 Å². The van der Waals surface area contributed by atoms with Crippen LogP contribution < -0.4 is 16.8 Å². The number of carbonyl (C=O) groups is 1. The van der Waals surface area contributed by atoms with Gasteiger partial charge in [-0.15, -0.1) is 0 Å². The van der Waals surface area contributed by atoms with Crippen molar-refractivity contribution in [3.8, 4) is 0 Å². The topological polar surface area (TPSA) is 84.4 Å². The number of hydrogen-bond donors (Lipinski definition) is 3. The summed E-state index contributed by atoms with van der Waals surface area (Å²) in [6.07, 6.45) is 2.37. The lowest BCUT2D eigenvalue weighted by Gasteiger charge is -2.44. The average molecular weight is 260 g/mol. The monoisotopic (exact) mass is 260 g/mol. The molecule has 1 unspecified atom stereocenters. The molecule has 1 aromatic rings. The van der Waals surface area contributed by atoms with Crippen LogP contribution in [-0.2, 0) is 0 Å². The Labute approximate surface area is 112 Å². The van der Waals surface area contributed by atoms with E-state index in [4.69, 9.17) is 11.5 Å². The van der Waals surface area contributed by atoms with Gasteiger partial charge in [0.15, 0.2) is 0 Å². The van der Waals surface area contributed by atoms with Crippen molar-refractivity contribution in [2.75, 3.05) is 31.1 Å². The van der Waals surface area contributed by atoms with Crippen LogP contribution in [0.2, 0.25) is 0 Å². The number of piperidine rings is 3. The summed E-state index contributed by atoms with van der Waals surface area (Å²) in [6, 6.07) is 5.27. The van der Waals surface area contributed by atoms with Gasteiger partial charge in [0.1, 0.15) is 0 Å². The number of amides is 1. The maximum absolute atomic E-state index is 12.3. The van der Waals surface area contributed by atoms with Crippen molar-refractivity contribution in [3.63, 3.8) is 0 Å². The molecule has 0 saturated carbocycles. The molecule has 5 N–H and O–H groups in total. The van der Waals surface area contributed by atoms with Crippen LogP contribution in [-0.4, -0.2) is 36.5 Å². The summed E-state index contributed by atoms with van der Waals surface area (Å²) in [7, 11) is 0. The van der Waals surface area contributed by atoms with E-state index in [9.17, 15) is 4.79 Å². The van der Waals surface area contributed by atoms with Crippen LogP contribution in [0.4, 0.5) is 11.4 Å². The minimum Gasteiger partial charge on any atom is -0.399 e. The SMILES string of the molecule is Nc1cc(N)cc(C(=O)NC2CN3CCC2CC3)c1. The van der Waals surface area contributed by atoms with Crippen molar-refractivity contribution in [3.05, 3.63) is 23.8 Å². The average Bonchev–Trinajstić information content (AvgIpc) is 2.39. The molecule has 3 heterocycles. The molecule has 19 heavy (non-hydrogen) atoms. The maximum Gasteiger partial charge on any atom is 0.251 e. The number of anilines is 2. The third-order valence-electron chi connectivity index (χ3n) is 4.21. The molecule has 0 aliphatic carbocycles. The van der Waals surface area contributed by atoms with Gasteiger partial charge in [-0.1, -0.05) is 0 Å². The normalized spacial score (nSPS) is 29.2. The molecule has 3 fully saturated rings. The number of nitrogens with one attached hydrogen (secondary N) is 1. The Kier molecular flexibility index (Phi) is 3.06. The zero-order chi connectivity index (χ0) is 13.4. The van der Waals surface area contributed by atoms with Gasteiger partial charge in [-0.05, 0) is 50.0 Å². The molecule has 0 spiro atoms. The summed E-state index contributed by atoms with van der Waals surface area (Å²) in [4.78, 5) is 14.7. The molecule has 4 rings (SSSR count). The molecular formula is C14H20N4O. The van der Waals surface area contributed by atoms with Crippen LogP contribution in [0, 0.1) is 5.92 Å². The van der Waals surface area contributed by atoms with Gasteiger partial charge in [0.05, 0.1) is 0 Å². The van der Waals surface area contributed by atoms with E-state index in [-0.39, 0.29) is 11.9 Å². The van der Waals surface area contributed by atoms with Crippen molar-refractivity contribution in [2.24, 2.45) is 5.92 Å². The quantitative estimate of drug-likeness (QED) is 0.683. The lowest BCUT2D eigenvalue weighted by molar-refractivity contribution is 0.0620. The molecule has 1 amide bonds. The smallest absolute Gasteiger partial charge is 0.251 e. The van der Waals surface area contributed by atoms with Gasteiger partial charge >= 0.3 is 0 Å². The van der Waals surface area contributed by atoms with E-state index in [2.05, 4.69) is 10.2 Å². The van der Waals surface area contributed by atoms with Gasteiger partial charge in [0.2, 0.25) is 0 Å². The van der Waals surface area contributed by atoms with Crippen molar-refractivity contribution in [1.82, 2.24) is 10.2 Å². The van der Waals surface area contributed by atoms with E-state index in [1.165, 1.54) is 25.9 Å². The molecule has 0 radical (unpaired) electrons. The van der Waals surface area contributed by atoms with Crippen LogP contribution in [0.3, 0.4) is 0 Å². The Hall–Kier alpha value is -1.75. The second-order valence-electron chi connectivity index (χ2n) is 5.61. The van der Waals surface area contributed by atoms with Gasteiger partial charge in [-0.3, -0.25) is 4.79 Å². The predicted octanol–water partition coefficient (Wildman–Crippen LogP) is 0.675. The highest BCUT2D eigenvalue weighted by atomic mass is 16.1. The van der Waals surface area contributed by atoms with Crippen LogP contribution in [0.15, 0.2) is 18.2 Å². The molecule has 2 bridgehead atoms. The van der Waals surface area contributed by atoms with Crippen molar-refractivity contribution in [2.45, 2.75) is 18.9 Å². The third-order valence-corrected chi connectivity index (χ3v) is 4.21. The summed E-state index contributed by atoms with van der Waals surface area (Å²) < 4.78 is 0. The Morgan fingerprint density at radius 1 is 1.16 bits per heavy atom. The number of carbonyl (C=O) groups excluding carboxylic acids is 1. The van der Waals surface area contributed by atoms with Crippen LogP contribution in [0.1, 0.15) is 23.2 Å². The molecule has 0 aromatic heterocycles. The Bertz CT molecular complexity index is 474. The third kappa shape index (κ3) is 2.51. The minimum atomic E-state index is -0.0715. The summed E-state index contributed by atoms with van der Waals surface area (Å²) in [5, 5.41) is 3.13. The van der Waals surface area contributed by atoms with Crippen molar-refractivity contribution < 1.29 is 4.79 Å². The fraction of sp³-hybridized carbons (Fsp3) is 0.500. The largest absolute Gasteiger partial charge is 0.399 e. The van der Waals surface area contributed by atoms with Crippen molar-refractivity contribution in [1.29, 1.82) is 0 Å². The predicted molar refractivity (Wildman–Crippen MR) is 75.7 cm³/mol. The molecule has 5 nitrogen and oxygen atoms in total. The van der Waals surface area contributed by atoms with Crippen molar-refractivity contribution >= 4 is 17.3 Å².